The lowest BCUT2D eigenvalue weighted by atomic mass is 9.95. The Hall–Kier alpha value is -7.16. The monoisotopic (exact) mass is 748 g/mol. The van der Waals surface area contributed by atoms with Crippen LogP contribution in [0.5, 0.6) is 0 Å². The van der Waals surface area contributed by atoms with Crippen LogP contribution in [0.25, 0.3) is 55.9 Å². The Labute approximate surface area is 344 Å². The van der Waals surface area contributed by atoms with Crippen molar-refractivity contribution < 1.29 is 0 Å². The maximum absolute atomic E-state index is 5.18. The molecule has 2 nitrogen and oxygen atoms in total. The minimum absolute atomic E-state index is 0.720. The first-order chi connectivity index (χ1) is 28.6. The Bertz CT molecular complexity index is 2620. The Balaban J connectivity index is 0.00000252. The van der Waals surface area contributed by atoms with Gasteiger partial charge in [0.05, 0.1) is 17.1 Å². The van der Waals surface area contributed by atoms with Gasteiger partial charge in [-0.3, -0.25) is 4.98 Å². The van der Waals surface area contributed by atoms with Crippen LogP contribution in [-0.2, 0) is 6.42 Å². The lowest BCUT2D eigenvalue weighted by Crippen LogP contribution is -2.00. The summed E-state index contributed by atoms with van der Waals surface area (Å²) in [5.74, 6) is 0. The molecule has 0 spiro atoms. The molecule has 0 amide bonds. The minimum atomic E-state index is 0.720. The van der Waals surface area contributed by atoms with Crippen LogP contribution < -0.4 is 0 Å². The van der Waals surface area contributed by atoms with Crippen LogP contribution >= 0.6 is 0 Å². The van der Waals surface area contributed by atoms with Crippen molar-refractivity contribution in [3.05, 3.63) is 247 Å². The summed E-state index contributed by atoms with van der Waals surface area (Å²) in [5.41, 5.74) is 17.2. The Morgan fingerprint density at radius 3 is 1.53 bits per heavy atom. The molecule has 8 rings (SSSR count). The number of allylic oxidation sites excluding steroid dienone is 2. The van der Waals surface area contributed by atoms with Gasteiger partial charge in [-0.25, -0.2) is 4.99 Å². The maximum Gasteiger partial charge on any atom is 0.0712 e. The molecule has 1 aromatic heterocycles. The van der Waals surface area contributed by atoms with Gasteiger partial charge < -0.3 is 0 Å². The number of aliphatic imine (C=N–C) groups is 1. The first-order valence-corrected chi connectivity index (χ1v) is 20.0. The molecule has 0 aliphatic carbocycles. The number of pyridine rings is 1. The number of hydrogen-bond acceptors (Lipinski definition) is 2. The van der Waals surface area contributed by atoms with E-state index in [2.05, 4.69) is 196 Å². The van der Waals surface area contributed by atoms with E-state index in [1.165, 1.54) is 27.8 Å². The van der Waals surface area contributed by atoms with Crippen LogP contribution in [0, 0.1) is 0 Å². The second-order valence-electron chi connectivity index (χ2n) is 14.0. The molecule has 8 aromatic rings. The quantitative estimate of drug-likeness (QED) is 0.121. The van der Waals surface area contributed by atoms with Gasteiger partial charge in [0.25, 0.3) is 0 Å². The highest BCUT2D eigenvalue weighted by molar-refractivity contribution is 6.14. The fourth-order valence-corrected chi connectivity index (χ4v) is 6.97. The molecule has 0 aliphatic heterocycles. The minimum Gasteiger partial charge on any atom is -0.252 e. The molecular weight excluding hydrogens is 701 g/mol. The van der Waals surface area contributed by atoms with Crippen LogP contribution in [0.15, 0.2) is 224 Å². The van der Waals surface area contributed by atoms with E-state index < -0.39 is 0 Å². The second kappa shape index (κ2) is 19.1. The van der Waals surface area contributed by atoms with Crippen LogP contribution in [0.3, 0.4) is 0 Å². The van der Waals surface area contributed by atoms with Crippen molar-refractivity contribution in [2.75, 3.05) is 0 Å². The predicted octanol–water partition coefficient (Wildman–Crippen LogP) is 14.9. The highest BCUT2D eigenvalue weighted by Crippen LogP contribution is 2.30. The number of benzene rings is 7. The summed E-state index contributed by atoms with van der Waals surface area (Å²) in [5, 5.41) is 0. The fourth-order valence-electron chi connectivity index (χ4n) is 6.97. The molecule has 0 bridgehead atoms. The molecule has 58 heavy (non-hydrogen) atoms. The number of hydrogen-bond donors (Lipinski definition) is 0. The topological polar surface area (TPSA) is 25.2 Å². The van der Waals surface area contributed by atoms with Crippen molar-refractivity contribution in [3.8, 4) is 44.6 Å². The molecule has 0 saturated carbocycles. The SMILES string of the molecule is C=C(N=C(/C=C(\C)c1cccc(-c2cc(Cc3ccc(-c4ccccc4)cc3)nc(-c3ccccc3)c2)c1)c1ccc(-c2ccccc2)cc1)c1ccccc1.CC. The second-order valence-corrected chi connectivity index (χ2v) is 14.0. The maximum atomic E-state index is 5.18. The van der Waals surface area contributed by atoms with Gasteiger partial charge in [0.1, 0.15) is 0 Å². The van der Waals surface area contributed by atoms with Crippen molar-refractivity contribution in [3.63, 3.8) is 0 Å². The fraction of sp³-hybridized carbons (Fsp3) is 0.0714. The first-order valence-electron chi connectivity index (χ1n) is 20.0. The van der Waals surface area contributed by atoms with E-state index in [9.17, 15) is 0 Å². The summed E-state index contributed by atoms with van der Waals surface area (Å²) in [6.07, 6.45) is 2.91. The molecule has 0 aliphatic rings. The van der Waals surface area contributed by atoms with E-state index in [4.69, 9.17) is 9.98 Å². The van der Waals surface area contributed by atoms with Crippen molar-refractivity contribution in [2.24, 2.45) is 4.99 Å². The van der Waals surface area contributed by atoms with E-state index >= 15 is 0 Å². The standard InChI is InChI=1S/C54H42N2.C2H6/c1-39(34-53(55-40(2)42-16-7-3-8-17-42)48-32-30-46(31-33-48)44-20-11-5-12-21-44)49-24-15-25-50(36-49)51-37-52(56-54(38-51)47-22-13-6-14-23-47)35-41-26-28-45(29-27-41)43-18-9-4-10-19-43;1-2/h3-34,36-38H,2,35H2,1H3;1-2H3/b39-34+,55-53?;. The first kappa shape index (κ1) is 39.1. The zero-order valence-electron chi connectivity index (χ0n) is 33.5. The summed E-state index contributed by atoms with van der Waals surface area (Å²) in [6.45, 7) is 10.5. The van der Waals surface area contributed by atoms with Crippen molar-refractivity contribution >= 4 is 17.0 Å². The molecule has 7 aromatic carbocycles. The lowest BCUT2D eigenvalue weighted by Gasteiger charge is -2.12. The number of rotatable bonds is 11. The average Bonchev–Trinajstić information content (AvgIpc) is 3.31. The van der Waals surface area contributed by atoms with E-state index in [-0.39, 0.29) is 0 Å². The number of nitrogens with zero attached hydrogens (tertiary/aromatic N) is 2. The van der Waals surface area contributed by atoms with Crippen molar-refractivity contribution in [1.29, 1.82) is 0 Å². The van der Waals surface area contributed by atoms with Gasteiger partial charge in [0.15, 0.2) is 0 Å². The Kier molecular flexibility index (Phi) is 12.9. The normalized spacial score (nSPS) is 11.4. The van der Waals surface area contributed by atoms with Crippen LogP contribution in [0.4, 0.5) is 0 Å². The van der Waals surface area contributed by atoms with Gasteiger partial charge in [-0.15, -0.1) is 0 Å². The average molecular weight is 749 g/mol. The third-order valence-electron chi connectivity index (χ3n) is 10.0. The highest BCUT2D eigenvalue weighted by Gasteiger charge is 2.11. The van der Waals surface area contributed by atoms with E-state index in [1.807, 2.05) is 44.2 Å². The van der Waals surface area contributed by atoms with Crippen LogP contribution in [-0.4, -0.2) is 10.7 Å². The zero-order valence-corrected chi connectivity index (χ0v) is 33.5. The van der Waals surface area contributed by atoms with Gasteiger partial charge >= 0.3 is 0 Å². The summed E-state index contributed by atoms with van der Waals surface area (Å²) in [6, 6.07) is 72.3. The third kappa shape index (κ3) is 9.79. The largest absolute Gasteiger partial charge is 0.252 e. The molecule has 0 unspecified atom stereocenters. The molecule has 2 heteroatoms. The van der Waals surface area contributed by atoms with Gasteiger partial charge in [-0.1, -0.05) is 208 Å². The lowest BCUT2D eigenvalue weighted by molar-refractivity contribution is 1.08. The third-order valence-corrected chi connectivity index (χ3v) is 10.0. The smallest absolute Gasteiger partial charge is 0.0712 e. The van der Waals surface area contributed by atoms with Gasteiger partial charge in [0.2, 0.25) is 0 Å². The summed E-state index contributed by atoms with van der Waals surface area (Å²) in [7, 11) is 0. The van der Waals surface area contributed by atoms with E-state index in [1.54, 1.807) is 0 Å². The van der Waals surface area contributed by atoms with Crippen molar-refractivity contribution in [1.82, 2.24) is 4.98 Å². The number of aromatic nitrogens is 1. The molecule has 0 saturated heterocycles. The van der Waals surface area contributed by atoms with Crippen LogP contribution in [0.1, 0.15) is 48.7 Å². The molecule has 0 radical (unpaired) electrons. The molecule has 0 N–H and O–H groups in total. The van der Waals surface area contributed by atoms with Gasteiger partial charge in [-0.05, 0) is 86.8 Å². The van der Waals surface area contributed by atoms with Crippen LogP contribution in [0.2, 0.25) is 0 Å². The summed E-state index contributed by atoms with van der Waals surface area (Å²) in [4.78, 5) is 10.3. The predicted molar refractivity (Wildman–Crippen MR) is 249 cm³/mol. The molecular formula is C56H48N2. The summed E-state index contributed by atoms with van der Waals surface area (Å²) < 4.78 is 0. The van der Waals surface area contributed by atoms with E-state index in [0.717, 1.165) is 68.2 Å². The zero-order chi connectivity index (χ0) is 40.1. The molecule has 282 valence electrons. The van der Waals surface area contributed by atoms with Gasteiger partial charge in [-0.2, -0.15) is 0 Å². The highest BCUT2D eigenvalue weighted by atomic mass is 14.8. The molecule has 1 heterocycles. The Morgan fingerprint density at radius 2 is 0.948 bits per heavy atom. The van der Waals surface area contributed by atoms with E-state index in [0.29, 0.717) is 0 Å². The van der Waals surface area contributed by atoms with Crippen molar-refractivity contribution in [2.45, 2.75) is 27.2 Å². The summed E-state index contributed by atoms with van der Waals surface area (Å²) >= 11 is 0. The van der Waals surface area contributed by atoms with Gasteiger partial charge in [0, 0.05) is 23.2 Å². The Morgan fingerprint density at radius 1 is 0.466 bits per heavy atom. The molecule has 0 fully saturated rings. The molecule has 0 atom stereocenters.